The van der Waals surface area contributed by atoms with Crippen LogP contribution >= 0.6 is 12.4 Å². The van der Waals surface area contributed by atoms with Crippen molar-refractivity contribution in [3.8, 4) is 0 Å². The Morgan fingerprint density at radius 3 is 2.39 bits per heavy atom. The first-order valence-corrected chi connectivity index (χ1v) is 7.70. The molecule has 1 saturated heterocycles. The van der Waals surface area contributed by atoms with E-state index in [4.69, 9.17) is 5.73 Å². The van der Waals surface area contributed by atoms with Crippen LogP contribution in [0, 0.1) is 5.41 Å². The molecule has 1 aliphatic heterocycles. The number of nitrogens with one attached hydrogen (secondary N) is 1. The van der Waals surface area contributed by atoms with Crippen LogP contribution in [0.25, 0.3) is 0 Å². The van der Waals surface area contributed by atoms with E-state index in [0.29, 0.717) is 13.0 Å². The minimum absolute atomic E-state index is 0. The summed E-state index contributed by atoms with van der Waals surface area (Å²) in [6, 6.07) is 7.01. The molecular formula is C17H26ClN3O2. The monoisotopic (exact) mass is 339 g/mol. The van der Waals surface area contributed by atoms with Gasteiger partial charge < -0.3 is 16.0 Å². The van der Waals surface area contributed by atoms with Crippen molar-refractivity contribution in [3.05, 3.63) is 29.8 Å². The molecule has 0 bridgehead atoms. The smallest absolute Gasteiger partial charge is 0.241 e. The van der Waals surface area contributed by atoms with E-state index in [1.807, 2.05) is 49.9 Å². The Morgan fingerprint density at radius 1 is 1.30 bits per heavy atom. The second-order valence-electron chi connectivity index (χ2n) is 6.95. The zero-order valence-corrected chi connectivity index (χ0v) is 14.8. The summed E-state index contributed by atoms with van der Waals surface area (Å²) in [4.78, 5) is 25.6. The van der Waals surface area contributed by atoms with Gasteiger partial charge in [-0.3, -0.25) is 9.59 Å². The van der Waals surface area contributed by atoms with Crippen LogP contribution in [0.4, 0.5) is 5.69 Å². The predicted octanol–water partition coefficient (Wildman–Crippen LogP) is 2.54. The molecular weight excluding hydrogens is 314 g/mol. The zero-order chi connectivity index (χ0) is 16.3. The highest BCUT2D eigenvalue weighted by Crippen LogP contribution is 2.20. The number of anilines is 1. The Bertz CT molecular complexity index is 552. The Kier molecular flexibility index (Phi) is 6.59. The second kappa shape index (κ2) is 7.79. The van der Waals surface area contributed by atoms with Gasteiger partial charge in [0.1, 0.15) is 0 Å². The molecule has 1 aromatic rings. The van der Waals surface area contributed by atoms with Crippen molar-refractivity contribution in [2.75, 3.05) is 11.9 Å². The fourth-order valence-electron chi connectivity index (χ4n) is 2.40. The van der Waals surface area contributed by atoms with Crippen LogP contribution in [0.1, 0.15) is 39.2 Å². The Morgan fingerprint density at radius 2 is 1.91 bits per heavy atom. The van der Waals surface area contributed by atoms with Gasteiger partial charge >= 0.3 is 0 Å². The first-order chi connectivity index (χ1) is 10.3. The maximum Gasteiger partial charge on any atom is 0.241 e. The molecule has 2 rings (SSSR count). The van der Waals surface area contributed by atoms with Gasteiger partial charge in [0.2, 0.25) is 11.8 Å². The first-order valence-electron chi connectivity index (χ1n) is 7.70. The van der Waals surface area contributed by atoms with Gasteiger partial charge in [0, 0.05) is 25.2 Å². The highest BCUT2D eigenvalue weighted by molar-refractivity contribution is 5.95. The number of carbonyl (C=O) groups is 2. The van der Waals surface area contributed by atoms with Crippen LogP contribution in [-0.2, 0) is 16.1 Å². The van der Waals surface area contributed by atoms with E-state index in [2.05, 4.69) is 5.32 Å². The van der Waals surface area contributed by atoms with Crippen molar-refractivity contribution < 1.29 is 9.59 Å². The summed E-state index contributed by atoms with van der Waals surface area (Å²) in [5.41, 5.74) is 7.45. The molecule has 1 aliphatic rings. The van der Waals surface area contributed by atoms with Crippen LogP contribution in [0.2, 0.25) is 0 Å². The highest BCUT2D eigenvalue weighted by atomic mass is 35.5. The quantitative estimate of drug-likeness (QED) is 0.885. The van der Waals surface area contributed by atoms with Crippen LogP contribution < -0.4 is 11.1 Å². The van der Waals surface area contributed by atoms with Crippen molar-refractivity contribution >= 4 is 29.9 Å². The molecule has 5 nitrogen and oxygen atoms in total. The molecule has 0 radical (unpaired) electrons. The Balaban J connectivity index is 0.00000264. The fraction of sp³-hybridized carbons (Fsp3) is 0.529. The van der Waals surface area contributed by atoms with E-state index in [-0.39, 0.29) is 29.6 Å². The van der Waals surface area contributed by atoms with Crippen molar-refractivity contribution in [1.29, 1.82) is 0 Å². The molecule has 0 aromatic heterocycles. The number of likely N-dealkylation sites (tertiary alicyclic amines) is 1. The van der Waals surface area contributed by atoms with Crippen molar-refractivity contribution in [2.24, 2.45) is 11.1 Å². The van der Waals surface area contributed by atoms with E-state index >= 15 is 0 Å². The number of carbonyl (C=O) groups excluding carboxylic acids is 2. The number of rotatable bonds is 4. The lowest BCUT2D eigenvalue weighted by Crippen LogP contribution is -2.45. The molecule has 0 spiro atoms. The number of benzene rings is 1. The summed E-state index contributed by atoms with van der Waals surface area (Å²) in [5.74, 6) is 0.0310. The summed E-state index contributed by atoms with van der Waals surface area (Å²) in [5, 5.41) is 2.83. The summed E-state index contributed by atoms with van der Waals surface area (Å²) >= 11 is 0. The molecule has 3 N–H and O–H groups in total. The lowest BCUT2D eigenvalue weighted by molar-refractivity contribution is -0.128. The third-order valence-corrected chi connectivity index (χ3v) is 3.98. The van der Waals surface area contributed by atoms with Crippen molar-refractivity contribution in [3.63, 3.8) is 0 Å². The molecule has 2 amide bonds. The van der Waals surface area contributed by atoms with Gasteiger partial charge in [-0.25, -0.2) is 0 Å². The van der Waals surface area contributed by atoms with E-state index in [9.17, 15) is 9.59 Å². The van der Waals surface area contributed by atoms with Gasteiger partial charge in [-0.15, -0.1) is 12.4 Å². The molecule has 0 aliphatic carbocycles. The molecule has 23 heavy (non-hydrogen) atoms. The van der Waals surface area contributed by atoms with E-state index in [0.717, 1.165) is 24.2 Å². The lowest BCUT2D eigenvalue weighted by Gasteiger charge is -2.25. The van der Waals surface area contributed by atoms with Crippen LogP contribution in [0.3, 0.4) is 0 Å². The van der Waals surface area contributed by atoms with Gasteiger partial charge in [0.25, 0.3) is 0 Å². The van der Waals surface area contributed by atoms with Crippen molar-refractivity contribution in [2.45, 2.75) is 46.2 Å². The standard InChI is InChI=1S/C17H25N3O2.ClH/c1-17(2,3)15(18)16(22)19-13-8-6-12(7-9-13)11-20-10-4-5-14(20)21;/h6-9,15H,4-5,10-11,18H2,1-3H3,(H,19,22);1H/t15-;/m1./s1. The minimum Gasteiger partial charge on any atom is -0.338 e. The highest BCUT2D eigenvalue weighted by Gasteiger charge is 2.27. The maximum atomic E-state index is 12.1. The topological polar surface area (TPSA) is 75.4 Å². The molecule has 1 heterocycles. The number of nitrogens with two attached hydrogens (primary N) is 1. The second-order valence-corrected chi connectivity index (χ2v) is 6.95. The third-order valence-electron chi connectivity index (χ3n) is 3.98. The summed E-state index contributed by atoms with van der Waals surface area (Å²) in [6.45, 7) is 7.28. The van der Waals surface area contributed by atoms with Crippen LogP contribution in [0.15, 0.2) is 24.3 Å². The fourth-order valence-corrected chi connectivity index (χ4v) is 2.40. The average molecular weight is 340 g/mol. The number of halogens is 1. The Labute approximate surface area is 144 Å². The largest absolute Gasteiger partial charge is 0.338 e. The van der Waals surface area contributed by atoms with Gasteiger partial charge in [0.05, 0.1) is 6.04 Å². The number of nitrogens with zero attached hydrogens (tertiary/aromatic N) is 1. The van der Waals surface area contributed by atoms with Gasteiger partial charge in [-0.1, -0.05) is 32.9 Å². The molecule has 1 atom stereocenters. The summed E-state index contributed by atoms with van der Waals surface area (Å²) < 4.78 is 0. The van der Waals surface area contributed by atoms with Crippen LogP contribution in [0.5, 0.6) is 0 Å². The summed E-state index contributed by atoms with van der Waals surface area (Å²) in [6.07, 6.45) is 1.59. The molecule has 6 heteroatoms. The van der Waals surface area contributed by atoms with Crippen molar-refractivity contribution in [1.82, 2.24) is 4.90 Å². The van der Waals surface area contributed by atoms with E-state index < -0.39 is 6.04 Å². The Hall–Kier alpha value is -1.59. The average Bonchev–Trinajstić information content (AvgIpc) is 2.84. The minimum atomic E-state index is -0.561. The normalized spacial score (nSPS) is 16.0. The molecule has 0 unspecified atom stereocenters. The number of hydrogen-bond acceptors (Lipinski definition) is 3. The maximum absolute atomic E-state index is 12.1. The van der Waals surface area contributed by atoms with Gasteiger partial charge in [-0.05, 0) is 29.5 Å². The molecule has 1 fully saturated rings. The van der Waals surface area contributed by atoms with Gasteiger partial charge in [0.15, 0.2) is 0 Å². The number of amides is 2. The number of hydrogen-bond donors (Lipinski definition) is 2. The van der Waals surface area contributed by atoms with Crippen LogP contribution in [-0.4, -0.2) is 29.3 Å². The predicted molar refractivity (Wildman–Crippen MR) is 94.4 cm³/mol. The zero-order valence-electron chi connectivity index (χ0n) is 14.0. The molecule has 1 aromatic carbocycles. The lowest BCUT2D eigenvalue weighted by atomic mass is 9.87. The van der Waals surface area contributed by atoms with E-state index in [1.54, 1.807) is 0 Å². The third kappa shape index (κ3) is 5.22. The summed E-state index contributed by atoms with van der Waals surface area (Å²) in [7, 11) is 0. The molecule has 128 valence electrons. The molecule has 0 saturated carbocycles. The first kappa shape index (κ1) is 19.5. The van der Waals surface area contributed by atoms with Gasteiger partial charge in [-0.2, -0.15) is 0 Å². The van der Waals surface area contributed by atoms with E-state index in [1.165, 1.54) is 0 Å². The SMILES string of the molecule is CC(C)(C)[C@H](N)C(=O)Nc1ccc(CN2CCCC2=O)cc1.Cl.